The van der Waals surface area contributed by atoms with E-state index in [9.17, 15) is 5.11 Å². The summed E-state index contributed by atoms with van der Waals surface area (Å²) < 4.78 is 2.83. The van der Waals surface area contributed by atoms with Gasteiger partial charge < -0.3 is 10.4 Å². The Bertz CT molecular complexity index is 571. The maximum absolute atomic E-state index is 9.67. The fraction of sp³-hybridized carbons (Fsp3) is 0.538. The predicted molar refractivity (Wildman–Crippen MR) is 75.8 cm³/mol. The van der Waals surface area contributed by atoms with Crippen molar-refractivity contribution in [2.24, 2.45) is 0 Å². The van der Waals surface area contributed by atoms with Gasteiger partial charge in [0.1, 0.15) is 4.60 Å². The van der Waals surface area contributed by atoms with Gasteiger partial charge in [0.25, 0.3) is 0 Å². The number of nitrogens with zero attached hydrogens (tertiary/aromatic N) is 3. The van der Waals surface area contributed by atoms with Gasteiger partial charge in [0.05, 0.1) is 24.2 Å². The van der Waals surface area contributed by atoms with Crippen molar-refractivity contribution in [1.29, 1.82) is 0 Å². The van der Waals surface area contributed by atoms with E-state index in [-0.39, 0.29) is 6.10 Å². The van der Waals surface area contributed by atoms with Crippen LogP contribution in [0.25, 0.3) is 5.65 Å². The van der Waals surface area contributed by atoms with Crippen LogP contribution in [0.4, 0.5) is 0 Å². The highest BCUT2D eigenvalue weighted by Crippen LogP contribution is 2.19. The smallest absolute Gasteiger partial charge is 0.155 e. The summed E-state index contributed by atoms with van der Waals surface area (Å²) in [6.07, 6.45) is 9.42. The van der Waals surface area contributed by atoms with Crippen LogP contribution in [0, 0.1) is 0 Å². The van der Waals surface area contributed by atoms with Crippen molar-refractivity contribution in [2.45, 2.75) is 44.4 Å². The molecule has 2 heterocycles. The molecule has 1 aliphatic rings. The summed E-state index contributed by atoms with van der Waals surface area (Å²) >= 11 is 3.37. The minimum Gasteiger partial charge on any atom is -0.393 e. The summed E-state index contributed by atoms with van der Waals surface area (Å²) in [5.41, 5.74) is 1.96. The van der Waals surface area contributed by atoms with Gasteiger partial charge in [0.2, 0.25) is 0 Å². The van der Waals surface area contributed by atoms with Crippen LogP contribution in [0.5, 0.6) is 0 Å². The Hall–Kier alpha value is -0.980. The lowest BCUT2D eigenvalue weighted by Gasteiger charge is -2.26. The first-order valence-corrected chi connectivity index (χ1v) is 7.40. The van der Waals surface area contributed by atoms with Gasteiger partial charge in [0, 0.05) is 18.8 Å². The number of hydrogen-bond donors (Lipinski definition) is 2. The zero-order chi connectivity index (χ0) is 13.2. The fourth-order valence-electron chi connectivity index (χ4n) is 2.65. The standard InChI is InChI=1S/C13H17BrN4O/c14-12-8-18-10(6-17-13(18)7-16-12)5-15-9-2-1-3-11(19)4-9/h6-9,11,15,19H,1-5H2. The third-order valence-corrected chi connectivity index (χ3v) is 4.07. The van der Waals surface area contributed by atoms with Crippen molar-refractivity contribution >= 4 is 21.6 Å². The highest BCUT2D eigenvalue weighted by Gasteiger charge is 2.19. The zero-order valence-corrected chi connectivity index (χ0v) is 12.2. The molecule has 2 aromatic rings. The van der Waals surface area contributed by atoms with Crippen LogP contribution in [0.15, 0.2) is 23.2 Å². The molecule has 0 aliphatic heterocycles. The summed E-state index contributed by atoms with van der Waals surface area (Å²) in [6, 6.07) is 0.402. The van der Waals surface area contributed by atoms with Gasteiger partial charge in [-0.25, -0.2) is 9.97 Å². The molecule has 19 heavy (non-hydrogen) atoms. The van der Waals surface area contributed by atoms with Gasteiger partial charge >= 0.3 is 0 Å². The van der Waals surface area contributed by atoms with Crippen molar-refractivity contribution in [2.75, 3.05) is 0 Å². The number of aliphatic hydroxyl groups is 1. The van der Waals surface area contributed by atoms with Crippen molar-refractivity contribution in [3.63, 3.8) is 0 Å². The van der Waals surface area contributed by atoms with Crippen LogP contribution < -0.4 is 5.32 Å². The van der Waals surface area contributed by atoms with Gasteiger partial charge in [-0.2, -0.15) is 0 Å². The minimum absolute atomic E-state index is 0.147. The second-order valence-electron chi connectivity index (χ2n) is 5.09. The Kier molecular flexibility index (Phi) is 3.81. The molecule has 2 N–H and O–H groups in total. The van der Waals surface area contributed by atoms with Gasteiger partial charge in [-0.05, 0) is 41.6 Å². The number of halogens is 1. The van der Waals surface area contributed by atoms with Crippen LogP contribution in [0.2, 0.25) is 0 Å². The molecule has 0 spiro atoms. The van der Waals surface area contributed by atoms with E-state index < -0.39 is 0 Å². The molecule has 2 unspecified atom stereocenters. The summed E-state index contributed by atoms with van der Waals surface area (Å²) in [6.45, 7) is 0.759. The molecular weight excluding hydrogens is 308 g/mol. The number of rotatable bonds is 3. The molecule has 2 aromatic heterocycles. The molecule has 1 fully saturated rings. The molecule has 1 aliphatic carbocycles. The topological polar surface area (TPSA) is 62.5 Å². The Morgan fingerprint density at radius 1 is 1.37 bits per heavy atom. The maximum Gasteiger partial charge on any atom is 0.155 e. The molecule has 6 heteroatoms. The van der Waals surface area contributed by atoms with Crippen LogP contribution in [0.3, 0.4) is 0 Å². The summed E-state index contributed by atoms with van der Waals surface area (Å²) in [5.74, 6) is 0. The number of aliphatic hydroxyl groups excluding tert-OH is 1. The molecule has 0 radical (unpaired) electrons. The summed E-state index contributed by atoms with van der Waals surface area (Å²) in [5, 5.41) is 13.2. The average Bonchev–Trinajstić information content (AvgIpc) is 2.79. The molecular formula is C13H17BrN4O. The van der Waals surface area contributed by atoms with E-state index in [1.807, 2.05) is 16.8 Å². The monoisotopic (exact) mass is 324 g/mol. The zero-order valence-electron chi connectivity index (χ0n) is 10.6. The first-order chi connectivity index (χ1) is 9.22. The third kappa shape index (κ3) is 2.96. The SMILES string of the molecule is OC1CCCC(NCc2cnc3cnc(Br)cn23)C1. The van der Waals surface area contributed by atoms with E-state index in [0.29, 0.717) is 6.04 Å². The first-order valence-electron chi connectivity index (χ1n) is 6.61. The lowest BCUT2D eigenvalue weighted by Crippen LogP contribution is -2.35. The number of fused-ring (bicyclic) bond motifs is 1. The van der Waals surface area contributed by atoms with Crippen LogP contribution >= 0.6 is 15.9 Å². The number of imidazole rings is 1. The summed E-state index contributed by atoms with van der Waals surface area (Å²) in [7, 11) is 0. The van der Waals surface area contributed by atoms with Gasteiger partial charge in [0.15, 0.2) is 5.65 Å². The fourth-order valence-corrected chi connectivity index (χ4v) is 2.95. The Morgan fingerprint density at radius 2 is 2.26 bits per heavy atom. The molecule has 2 atom stereocenters. The molecule has 102 valence electrons. The van der Waals surface area contributed by atoms with E-state index in [4.69, 9.17) is 0 Å². The van der Waals surface area contributed by atoms with E-state index >= 15 is 0 Å². The van der Waals surface area contributed by atoms with E-state index in [2.05, 4.69) is 31.2 Å². The maximum atomic E-state index is 9.67. The molecule has 0 aromatic carbocycles. The largest absolute Gasteiger partial charge is 0.393 e. The van der Waals surface area contributed by atoms with E-state index in [0.717, 1.165) is 48.2 Å². The quantitative estimate of drug-likeness (QED) is 0.905. The third-order valence-electron chi connectivity index (χ3n) is 3.66. The number of nitrogens with one attached hydrogen (secondary N) is 1. The first kappa shape index (κ1) is 13.0. The molecule has 0 saturated heterocycles. The van der Waals surface area contributed by atoms with Gasteiger partial charge in [-0.3, -0.25) is 4.40 Å². The highest BCUT2D eigenvalue weighted by atomic mass is 79.9. The van der Waals surface area contributed by atoms with Crippen molar-refractivity contribution in [3.05, 3.63) is 28.9 Å². The van der Waals surface area contributed by atoms with E-state index in [1.54, 1.807) is 6.20 Å². The summed E-state index contributed by atoms with van der Waals surface area (Å²) in [4.78, 5) is 8.49. The molecule has 3 rings (SSSR count). The number of hydrogen-bond acceptors (Lipinski definition) is 4. The van der Waals surface area contributed by atoms with Gasteiger partial charge in [-0.15, -0.1) is 0 Å². The van der Waals surface area contributed by atoms with Crippen molar-refractivity contribution in [3.8, 4) is 0 Å². The lowest BCUT2D eigenvalue weighted by molar-refractivity contribution is 0.111. The predicted octanol–water partition coefficient (Wildman–Crippen LogP) is 1.88. The lowest BCUT2D eigenvalue weighted by atomic mass is 9.93. The Balaban J connectivity index is 1.69. The Morgan fingerprint density at radius 3 is 3.11 bits per heavy atom. The molecule has 1 saturated carbocycles. The van der Waals surface area contributed by atoms with Crippen molar-refractivity contribution in [1.82, 2.24) is 19.7 Å². The van der Waals surface area contributed by atoms with Crippen LogP contribution in [-0.2, 0) is 6.54 Å². The molecule has 0 bridgehead atoms. The average molecular weight is 325 g/mol. The van der Waals surface area contributed by atoms with Crippen molar-refractivity contribution < 1.29 is 5.11 Å². The van der Waals surface area contributed by atoms with E-state index in [1.165, 1.54) is 0 Å². The normalized spacial score (nSPS) is 23.9. The van der Waals surface area contributed by atoms with Crippen LogP contribution in [-0.4, -0.2) is 31.6 Å². The molecule has 5 nitrogen and oxygen atoms in total. The minimum atomic E-state index is -0.147. The Labute approximate surface area is 120 Å². The van der Waals surface area contributed by atoms with Gasteiger partial charge in [-0.1, -0.05) is 0 Å². The molecule has 0 amide bonds. The highest BCUT2D eigenvalue weighted by molar-refractivity contribution is 9.10. The second kappa shape index (κ2) is 5.56. The second-order valence-corrected chi connectivity index (χ2v) is 5.90. The number of aromatic nitrogens is 3. The van der Waals surface area contributed by atoms with Crippen LogP contribution in [0.1, 0.15) is 31.4 Å².